The van der Waals surface area contributed by atoms with Crippen molar-refractivity contribution in [1.29, 1.82) is 0 Å². The van der Waals surface area contributed by atoms with E-state index in [0.717, 1.165) is 5.56 Å². The molecule has 0 aromatic carbocycles. The van der Waals surface area contributed by atoms with E-state index in [1.807, 2.05) is 33.8 Å². The molecule has 0 amide bonds. The fourth-order valence-electron chi connectivity index (χ4n) is 0.916. The van der Waals surface area contributed by atoms with Gasteiger partial charge < -0.3 is 10.5 Å². The molecule has 13 heavy (non-hydrogen) atoms. The van der Waals surface area contributed by atoms with Crippen LogP contribution < -0.4 is 10.5 Å². The highest BCUT2D eigenvalue weighted by molar-refractivity contribution is 5.53. The van der Waals surface area contributed by atoms with Crippen molar-refractivity contribution in [2.24, 2.45) is 0 Å². The van der Waals surface area contributed by atoms with Crippen LogP contribution in [0.5, 0.6) is 5.88 Å². The Labute approximate surface area is 78.9 Å². The van der Waals surface area contributed by atoms with Crippen LogP contribution in [-0.2, 0) is 0 Å². The van der Waals surface area contributed by atoms with Gasteiger partial charge in [0.25, 0.3) is 0 Å². The van der Waals surface area contributed by atoms with Gasteiger partial charge >= 0.3 is 0 Å². The summed E-state index contributed by atoms with van der Waals surface area (Å²) >= 11 is 0. The third kappa shape index (κ3) is 2.61. The molecule has 1 heterocycles. The summed E-state index contributed by atoms with van der Waals surface area (Å²) in [5.41, 5.74) is 7.16. The maximum atomic E-state index is 5.80. The second kappa shape index (κ2) is 3.24. The lowest BCUT2D eigenvalue weighted by atomic mass is 10.2. The van der Waals surface area contributed by atoms with Crippen molar-refractivity contribution in [2.75, 3.05) is 5.73 Å². The van der Waals surface area contributed by atoms with Crippen LogP contribution >= 0.6 is 0 Å². The van der Waals surface area contributed by atoms with Crippen LogP contribution in [0.15, 0.2) is 12.3 Å². The third-order valence-corrected chi connectivity index (χ3v) is 1.57. The number of hydrogen-bond acceptors (Lipinski definition) is 3. The molecule has 2 N–H and O–H groups in total. The Morgan fingerprint density at radius 2 is 2.00 bits per heavy atom. The van der Waals surface area contributed by atoms with Crippen LogP contribution in [0.25, 0.3) is 0 Å². The number of aromatic nitrogens is 1. The average Bonchev–Trinajstić information content (AvgIpc) is 1.96. The lowest BCUT2D eigenvalue weighted by Gasteiger charge is -2.21. The van der Waals surface area contributed by atoms with Crippen LogP contribution in [0.1, 0.15) is 26.3 Å². The summed E-state index contributed by atoms with van der Waals surface area (Å²) in [6, 6.07) is 1.87. The van der Waals surface area contributed by atoms with Crippen molar-refractivity contribution in [3.05, 3.63) is 17.8 Å². The zero-order chi connectivity index (χ0) is 10.1. The molecule has 0 aliphatic carbocycles. The number of aryl methyl sites for hydroxylation is 1. The zero-order valence-electron chi connectivity index (χ0n) is 8.59. The first-order valence-electron chi connectivity index (χ1n) is 4.30. The SMILES string of the molecule is Cc1ccnc(OC(C)(C)C)c1N. The van der Waals surface area contributed by atoms with Crippen molar-refractivity contribution in [2.45, 2.75) is 33.3 Å². The normalized spacial score (nSPS) is 11.4. The van der Waals surface area contributed by atoms with Crippen LogP contribution in [-0.4, -0.2) is 10.6 Å². The Bertz CT molecular complexity index is 302. The predicted molar refractivity (Wildman–Crippen MR) is 53.8 cm³/mol. The summed E-state index contributed by atoms with van der Waals surface area (Å²) < 4.78 is 5.58. The van der Waals surface area contributed by atoms with Gasteiger partial charge in [0.1, 0.15) is 5.60 Å². The highest BCUT2D eigenvalue weighted by Gasteiger charge is 2.15. The molecule has 0 radical (unpaired) electrons. The van der Waals surface area contributed by atoms with Gasteiger partial charge in [0.2, 0.25) is 5.88 Å². The van der Waals surface area contributed by atoms with Gasteiger partial charge in [-0.1, -0.05) is 0 Å². The first-order valence-corrected chi connectivity index (χ1v) is 4.30. The Hall–Kier alpha value is -1.25. The summed E-state index contributed by atoms with van der Waals surface area (Å²) in [5.74, 6) is 0.521. The van der Waals surface area contributed by atoms with E-state index in [0.29, 0.717) is 11.6 Å². The molecule has 1 aromatic heterocycles. The molecular weight excluding hydrogens is 164 g/mol. The first-order chi connectivity index (χ1) is 5.90. The number of nitrogens with two attached hydrogens (primary N) is 1. The van der Waals surface area contributed by atoms with Crippen LogP contribution in [0.4, 0.5) is 5.69 Å². The molecule has 1 rings (SSSR count). The smallest absolute Gasteiger partial charge is 0.237 e. The minimum absolute atomic E-state index is 0.255. The number of nitrogen functional groups attached to an aromatic ring is 1. The topological polar surface area (TPSA) is 48.1 Å². The van der Waals surface area contributed by atoms with Gasteiger partial charge in [-0.3, -0.25) is 0 Å². The van der Waals surface area contributed by atoms with Crippen molar-refractivity contribution < 1.29 is 4.74 Å². The molecule has 0 aliphatic heterocycles. The number of rotatable bonds is 1. The second-order valence-corrected chi connectivity index (χ2v) is 4.06. The molecule has 0 fully saturated rings. The Morgan fingerprint density at radius 1 is 1.38 bits per heavy atom. The van der Waals surface area contributed by atoms with E-state index in [2.05, 4.69) is 4.98 Å². The monoisotopic (exact) mass is 180 g/mol. The van der Waals surface area contributed by atoms with Crippen LogP contribution in [0.2, 0.25) is 0 Å². The van der Waals surface area contributed by atoms with E-state index < -0.39 is 0 Å². The van der Waals surface area contributed by atoms with E-state index in [9.17, 15) is 0 Å². The molecule has 3 heteroatoms. The Morgan fingerprint density at radius 3 is 2.54 bits per heavy atom. The van der Waals surface area contributed by atoms with Crippen molar-refractivity contribution >= 4 is 5.69 Å². The predicted octanol–water partition coefficient (Wildman–Crippen LogP) is 2.15. The lowest BCUT2D eigenvalue weighted by molar-refractivity contribution is 0.125. The highest BCUT2D eigenvalue weighted by atomic mass is 16.5. The zero-order valence-corrected chi connectivity index (χ0v) is 8.59. The van der Waals surface area contributed by atoms with E-state index in [4.69, 9.17) is 10.5 Å². The van der Waals surface area contributed by atoms with Gasteiger partial charge in [-0.05, 0) is 39.3 Å². The lowest BCUT2D eigenvalue weighted by Crippen LogP contribution is -2.24. The summed E-state index contributed by atoms with van der Waals surface area (Å²) in [7, 11) is 0. The molecule has 0 bridgehead atoms. The standard InChI is InChI=1S/C10H16N2O/c1-7-5-6-12-9(8(7)11)13-10(2,3)4/h5-6H,11H2,1-4H3. The summed E-state index contributed by atoms with van der Waals surface area (Å²) in [5, 5.41) is 0. The summed E-state index contributed by atoms with van der Waals surface area (Å²) in [4.78, 5) is 4.08. The van der Waals surface area contributed by atoms with E-state index >= 15 is 0 Å². The number of ether oxygens (including phenoxy) is 1. The molecule has 0 atom stereocenters. The average molecular weight is 180 g/mol. The van der Waals surface area contributed by atoms with Crippen LogP contribution in [0.3, 0.4) is 0 Å². The summed E-state index contributed by atoms with van der Waals surface area (Å²) in [6.45, 7) is 7.84. The maximum Gasteiger partial charge on any atom is 0.237 e. The largest absolute Gasteiger partial charge is 0.470 e. The van der Waals surface area contributed by atoms with E-state index in [1.165, 1.54) is 0 Å². The number of anilines is 1. The molecule has 72 valence electrons. The van der Waals surface area contributed by atoms with E-state index in [1.54, 1.807) is 6.20 Å². The second-order valence-electron chi connectivity index (χ2n) is 4.06. The fraction of sp³-hybridized carbons (Fsp3) is 0.500. The molecule has 1 aromatic rings. The van der Waals surface area contributed by atoms with Gasteiger partial charge in [0, 0.05) is 6.20 Å². The maximum absolute atomic E-state index is 5.80. The van der Waals surface area contributed by atoms with Crippen molar-refractivity contribution in [1.82, 2.24) is 4.98 Å². The number of pyridine rings is 1. The van der Waals surface area contributed by atoms with Gasteiger partial charge in [0.15, 0.2) is 0 Å². The van der Waals surface area contributed by atoms with E-state index in [-0.39, 0.29) is 5.60 Å². The van der Waals surface area contributed by atoms with Gasteiger partial charge in [0.05, 0.1) is 5.69 Å². The highest BCUT2D eigenvalue weighted by Crippen LogP contribution is 2.24. The minimum atomic E-state index is -0.255. The minimum Gasteiger partial charge on any atom is -0.470 e. The van der Waals surface area contributed by atoms with Gasteiger partial charge in [-0.15, -0.1) is 0 Å². The van der Waals surface area contributed by atoms with Crippen molar-refractivity contribution in [3.8, 4) is 5.88 Å². The van der Waals surface area contributed by atoms with Gasteiger partial charge in [-0.2, -0.15) is 0 Å². The first kappa shape index (κ1) is 9.84. The van der Waals surface area contributed by atoms with Crippen LogP contribution in [0, 0.1) is 6.92 Å². The molecule has 3 nitrogen and oxygen atoms in total. The molecule has 0 saturated carbocycles. The third-order valence-electron chi connectivity index (χ3n) is 1.57. The molecule has 0 aliphatic rings. The molecule has 0 spiro atoms. The Balaban J connectivity index is 2.96. The van der Waals surface area contributed by atoms with Crippen molar-refractivity contribution in [3.63, 3.8) is 0 Å². The quantitative estimate of drug-likeness (QED) is 0.720. The molecular formula is C10H16N2O. The Kier molecular flexibility index (Phi) is 2.45. The van der Waals surface area contributed by atoms with Gasteiger partial charge in [-0.25, -0.2) is 4.98 Å². The number of hydrogen-bond donors (Lipinski definition) is 1. The molecule has 0 unspecified atom stereocenters. The summed E-state index contributed by atoms with van der Waals surface area (Å²) in [6.07, 6.45) is 1.70. The molecule has 0 saturated heterocycles. The fourth-order valence-corrected chi connectivity index (χ4v) is 0.916. The number of nitrogens with zero attached hydrogens (tertiary/aromatic N) is 1.